The van der Waals surface area contributed by atoms with E-state index >= 15 is 0 Å². The number of aryl methyl sites for hydroxylation is 2. The fourth-order valence-corrected chi connectivity index (χ4v) is 3.35. The summed E-state index contributed by atoms with van der Waals surface area (Å²) in [5.74, 6) is 1.51. The van der Waals surface area contributed by atoms with E-state index in [1.807, 2.05) is 25.8 Å². The zero-order valence-electron chi connectivity index (χ0n) is 14.6. The number of carbonyl (C=O) groups is 1. The number of likely N-dealkylation sites (N-methyl/N-ethyl adjacent to an activating group) is 1. The summed E-state index contributed by atoms with van der Waals surface area (Å²) in [5.41, 5.74) is 2.98. The molecular weight excluding hydrogens is 276 g/mol. The normalized spacial score (nSPS) is 19.1. The molecule has 5 heteroatoms. The number of carbonyl (C=O) groups excluding carboxylic acids is 1. The molecule has 0 bridgehead atoms. The van der Waals surface area contributed by atoms with Crippen LogP contribution in [0.25, 0.3) is 0 Å². The highest BCUT2D eigenvalue weighted by molar-refractivity contribution is 5.79. The number of hydrogen-bond acceptors (Lipinski definition) is 3. The maximum absolute atomic E-state index is 12.4. The Hall–Kier alpha value is -1.36. The number of hydrogen-bond donors (Lipinski definition) is 1. The lowest BCUT2D eigenvalue weighted by Gasteiger charge is -2.22. The highest BCUT2D eigenvalue weighted by atomic mass is 16.2. The molecular formula is C17H30N4O. The molecule has 1 N–H and O–H groups in total. The van der Waals surface area contributed by atoms with E-state index in [2.05, 4.69) is 28.9 Å². The maximum Gasteiger partial charge on any atom is 0.226 e. The van der Waals surface area contributed by atoms with Crippen molar-refractivity contribution < 1.29 is 4.79 Å². The quantitative estimate of drug-likeness (QED) is 0.874. The van der Waals surface area contributed by atoms with Gasteiger partial charge in [-0.3, -0.25) is 9.89 Å². The summed E-state index contributed by atoms with van der Waals surface area (Å²) in [6, 6.07) is 0. The predicted octanol–water partition coefficient (Wildman–Crippen LogP) is 2.01. The number of likely N-dealkylation sites (tertiary alicyclic amines) is 1. The third kappa shape index (κ3) is 4.32. The fraction of sp³-hybridized carbons (Fsp3) is 0.765. The molecule has 1 aromatic heterocycles. The lowest BCUT2D eigenvalue weighted by atomic mass is 10.1. The topological polar surface area (TPSA) is 52.2 Å². The SMILES string of the molecule is Cc1n[nH]c(C)c1CC(=O)N(C)CC1CCN(CC(C)C)C1. The minimum Gasteiger partial charge on any atom is -0.345 e. The molecule has 0 spiro atoms. The third-order valence-electron chi connectivity index (χ3n) is 4.56. The van der Waals surface area contributed by atoms with E-state index in [9.17, 15) is 4.79 Å². The Morgan fingerprint density at radius 1 is 1.45 bits per heavy atom. The van der Waals surface area contributed by atoms with Gasteiger partial charge < -0.3 is 9.80 Å². The summed E-state index contributed by atoms with van der Waals surface area (Å²) in [7, 11) is 1.93. The Morgan fingerprint density at radius 2 is 2.18 bits per heavy atom. The number of nitrogens with one attached hydrogen (secondary N) is 1. The summed E-state index contributed by atoms with van der Waals surface area (Å²) >= 11 is 0. The van der Waals surface area contributed by atoms with Gasteiger partial charge in [-0.25, -0.2) is 0 Å². The van der Waals surface area contributed by atoms with Gasteiger partial charge in [-0.05, 0) is 38.6 Å². The molecule has 5 nitrogen and oxygen atoms in total. The van der Waals surface area contributed by atoms with Crippen LogP contribution >= 0.6 is 0 Å². The van der Waals surface area contributed by atoms with Gasteiger partial charge in [-0.2, -0.15) is 5.10 Å². The van der Waals surface area contributed by atoms with Crippen molar-refractivity contribution in [2.75, 3.05) is 33.2 Å². The van der Waals surface area contributed by atoms with Crippen molar-refractivity contribution in [1.29, 1.82) is 0 Å². The number of nitrogens with zero attached hydrogens (tertiary/aromatic N) is 3. The van der Waals surface area contributed by atoms with Crippen LogP contribution in [0.2, 0.25) is 0 Å². The van der Waals surface area contributed by atoms with Crippen LogP contribution in [-0.2, 0) is 11.2 Å². The second kappa shape index (κ2) is 7.27. The Labute approximate surface area is 134 Å². The van der Waals surface area contributed by atoms with Gasteiger partial charge in [0.05, 0.1) is 12.1 Å². The van der Waals surface area contributed by atoms with Crippen LogP contribution in [0, 0.1) is 25.7 Å². The van der Waals surface area contributed by atoms with E-state index in [4.69, 9.17) is 0 Å². The number of amides is 1. The molecule has 0 aromatic carbocycles. The van der Waals surface area contributed by atoms with Gasteiger partial charge >= 0.3 is 0 Å². The zero-order chi connectivity index (χ0) is 16.3. The van der Waals surface area contributed by atoms with Gasteiger partial charge in [-0.15, -0.1) is 0 Å². The molecule has 1 fully saturated rings. The van der Waals surface area contributed by atoms with Crippen molar-refractivity contribution in [1.82, 2.24) is 20.0 Å². The molecule has 2 heterocycles. The van der Waals surface area contributed by atoms with E-state index in [0.29, 0.717) is 18.3 Å². The molecule has 0 aliphatic carbocycles. The first-order valence-corrected chi connectivity index (χ1v) is 8.33. The first-order chi connectivity index (χ1) is 10.4. The Bertz CT molecular complexity index is 489. The standard InChI is InChI=1S/C17H30N4O/c1-12(2)9-21-7-6-15(11-21)10-20(5)17(22)8-16-13(3)18-19-14(16)4/h12,15H,6-11H2,1-5H3,(H,18,19). The Balaban J connectivity index is 1.82. The van der Waals surface area contributed by atoms with E-state index in [0.717, 1.165) is 30.0 Å². The molecule has 2 rings (SSSR count). The summed E-state index contributed by atoms with van der Waals surface area (Å²) < 4.78 is 0. The van der Waals surface area contributed by atoms with Crippen LogP contribution in [-0.4, -0.2) is 59.1 Å². The minimum atomic E-state index is 0.190. The molecule has 1 aliphatic heterocycles. The highest BCUT2D eigenvalue weighted by Crippen LogP contribution is 2.19. The summed E-state index contributed by atoms with van der Waals surface area (Å²) in [6.45, 7) is 12.8. The number of H-pyrrole nitrogens is 1. The van der Waals surface area contributed by atoms with Gasteiger partial charge in [0.1, 0.15) is 0 Å². The summed E-state index contributed by atoms with van der Waals surface area (Å²) in [5, 5.41) is 7.12. The van der Waals surface area contributed by atoms with E-state index in [1.165, 1.54) is 19.5 Å². The molecule has 1 unspecified atom stereocenters. The van der Waals surface area contributed by atoms with E-state index in [1.54, 1.807) is 0 Å². The monoisotopic (exact) mass is 306 g/mol. The highest BCUT2D eigenvalue weighted by Gasteiger charge is 2.25. The molecule has 1 aromatic rings. The first kappa shape index (κ1) is 17.0. The lowest BCUT2D eigenvalue weighted by Crippen LogP contribution is -2.34. The van der Waals surface area contributed by atoms with Crippen molar-refractivity contribution in [3.8, 4) is 0 Å². The van der Waals surface area contributed by atoms with Gasteiger partial charge in [0.25, 0.3) is 0 Å². The van der Waals surface area contributed by atoms with Crippen LogP contribution in [0.5, 0.6) is 0 Å². The Kier molecular flexibility index (Phi) is 5.62. The van der Waals surface area contributed by atoms with Gasteiger partial charge in [-0.1, -0.05) is 13.8 Å². The van der Waals surface area contributed by atoms with Crippen molar-refractivity contribution in [2.24, 2.45) is 11.8 Å². The van der Waals surface area contributed by atoms with Crippen molar-refractivity contribution in [3.05, 3.63) is 17.0 Å². The molecule has 1 saturated heterocycles. The largest absolute Gasteiger partial charge is 0.345 e. The average Bonchev–Trinajstić information content (AvgIpc) is 2.99. The number of aromatic amines is 1. The second-order valence-corrected chi connectivity index (χ2v) is 7.17. The molecule has 1 aliphatic rings. The molecule has 0 radical (unpaired) electrons. The average molecular weight is 306 g/mol. The lowest BCUT2D eigenvalue weighted by molar-refractivity contribution is -0.129. The molecule has 1 atom stereocenters. The number of aromatic nitrogens is 2. The summed E-state index contributed by atoms with van der Waals surface area (Å²) in [6.07, 6.45) is 1.65. The van der Waals surface area contributed by atoms with Crippen LogP contribution < -0.4 is 0 Å². The minimum absolute atomic E-state index is 0.190. The van der Waals surface area contributed by atoms with Crippen molar-refractivity contribution >= 4 is 5.91 Å². The van der Waals surface area contributed by atoms with Gasteiger partial charge in [0.15, 0.2) is 0 Å². The van der Waals surface area contributed by atoms with Crippen LogP contribution in [0.4, 0.5) is 0 Å². The Morgan fingerprint density at radius 3 is 2.77 bits per heavy atom. The number of rotatable bonds is 6. The van der Waals surface area contributed by atoms with Gasteiger partial charge in [0, 0.05) is 37.9 Å². The van der Waals surface area contributed by atoms with Crippen molar-refractivity contribution in [3.63, 3.8) is 0 Å². The van der Waals surface area contributed by atoms with Crippen LogP contribution in [0.15, 0.2) is 0 Å². The third-order valence-corrected chi connectivity index (χ3v) is 4.56. The van der Waals surface area contributed by atoms with Crippen LogP contribution in [0.3, 0.4) is 0 Å². The molecule has 22 heavy (non-hydrogen) atoms. The zero-order valence-corrected chi connectivity index (χ0v) is 14.6. The van der Waals surface area contributed by atoms with Crippen molar-refractivity contribution in [2.45, 2.75) is 40.5 Å². The van der Waals surface area contributed by atoms with Gasteiger partial charge in [0.2, 0.25) is 5.91 Å². The smallest absolute Gasteiger partial charge is 0.226 e. The molecule has 0 saturated carbocycles. The second-order valence-electron chi connectivity index (χ2n) is 7.17. The van der Waals surface area contributed by atoms with Crippen LogP contribution in [0.1, 0.15) is 37.2 Å². The predicted molar refractivity (Wildman–Crippen MR) is 88.8 cm³/mol. The van der Waals surface area contributed by atoms with E-state index < -0.39 is 0 Å². The maximum atomic E-state index is 12.4. The summed E-state index contributed by atoms with van der Waals surface area (Å²) in [4.78, 5) is 16.9. The van der Waals surface area contributed by atoms with E-state index in [-0.39, 0.29) is 5.91 Å². The molecule has 1 amide bonds. The fourth-order valence-electron chi connectivity index (χ4n) is 3.35. The molecule has 124 valence electrons. The first-order valence-electron chi connectivity index (χ1n) is 8.33.